The highest BCUT2D eigenvalue weighted by atomic mass is 19.1. The lowest BCUT2D eigenvalue weighted by molar-refractivity contribution is -0.135. The van der Waals surface area contributed by atoms with Crippen LogP contribution in [-0.4, -0.2) is 35.1 Å². The molecule has 1 saturated carbocycles. The van der Waals surface area contributed by atoms with Crippen LogP contribution in [0, 0.1) is 12.7 Å². The number of halogens is 1. The fraction of sp³-hybridized carbons (Fsp3) is 0.588. The molecule has 22 heavy (non-hydrogen) atoms. The van der Waals surface area contributed by atoms with Crippen molar-refractivity contribution in [3.05, 3.63) is 35.1 Å². The van der Waals surface area contributed by atoms with E-state index in [1.165, 1.54) is 18.9 Å². The van der Waals surface area contributed by atoms with Gasteiger partial charge in [-0.3, -0.25) is 10.0 Å². The van der Waals surface area contributed by atoms with Crippen LogP contribution >= 0.6 is 0 Å². The van der Waals surface area contributed by atoms with Crippen molar-refractivity contribution in [3.63, 3.8) is 0 Å². The molecule has 1 aromatic rings. The molecule has 5 heteroatoms. The molecule has 4 nitrogen and oxygen atoms in total. The highest BCUT2D eigenvalue weighted by molar-refractivity contribution is 5.88. The summed E-state index contributed by atoms with van der Waals surface area (Å²) in [6, 6.07) is 5.21. The van der Waals surface area contributed by atoms with Crippen LogP contribution in [0.5, 0.6) is 0 Å². The van der Waals surface area contributed by atoms with Gasteiger partial charge in [0.1, 0.15) is 5.82 Å². The number of hydrogen-bond donors (Lipinski definition) is 2. The summed E-state index contributed by atoms with van der Waals surface area (Å²) in [5.74, 6) is -0.713. The number of hydroxylamine groups is 1. The monoisotopic (exact) mass is 306 g/mol. The third kappa shape index (κ3) is 2.42. The minimum absolute atomic E-state index is 0.299. The number of carbonyl (C=O) groups is 1. The van der Waals surface area contributed by atoms with E-state index in [1.807, 2.05) is 11.5 Å². The second kappa shape index (κ2) is 5.97. The minimum Gasteiger partial charge on any atom is -0.300 e. The summed E-state index contributed by atoms with van der Waals surface area (Å²) in [5, 5.41) is 9.23. The zero-order valence-corrected chi connectivity index (χ0v) is 12.9. The Morgan fingerprint density at radius 2 is 2.14 bits per heavy atom. The van der Waals surface area contributed by atoms with Crippen LogP contribution in [0.4, 0.5) is 4.39 Å². The van der Waals surface area contributed by atoms with Crippen molar-refractivity contribution >= 4 is 5.91 Å². The van der Waals surface area contributed by atoms with Gasteiger partial charge in [-0.2, -0.15) is 0 Å². The standard InChI is InChI=1S/C17H23FN2O2/c1-12-14(5-4-6-15(12)18)17(16(21)19-22)8-7-13(11-17)20-9-2-3-10-20/h4-6,13,22H,2-3,7-11H2,1H3,(H,19,21)/t13?,17-/m0/s1. The van der Waals surface area contributed by atoms with E-state index in [0.29, 0.717) is 30.0 Å². The molecule has 0 radical (unpaired) electrons. The number of nitrogens with one attached hydrogen (secondary N) is 1. The van der Waals surface area contributed by atoms with Crippen LogP contribution in [0.3, 0.4) is 0 Å². The fourth-order valence-corrected chi connectivity index (χ4v) is 4.24. The van der Waals surface area contributed by atoms with E-state index in [2.05, 4.69) is 4.90 Å². The molecule has 1 amide bonds. The molecule has 1 aromatic carbocycles. The number of amides is 1. The van der Waals surface area contributed by atoms with Crippen LogP contribution in [0.25, 0.3) is 0 Å². The Hall–Kier alpha value is -1.46. The zero-order valence-electron chi connectivity index (χ0n) is 12.9. The summed E-state index contributed by atoms with van der Waals surface area (Å²) in [6.07, 6.45) is 4.60. The lowest BCUT2D eigenvalue weighted by atomic mass is 9.76. The van der Waals surface area contributed by atoms with Crippen LogP contribution in [0.15, 0.2) is 18.2 Å². The number of carbonyl (C=O) groups excluding carboxylic acids is 1. The van der Waals surface area contributed by atoms with E-state index in [1.54, 1.807) is 13.0 Å². The van der Waals surface area contributed by atoms with Gasteiger partial charge in [0.15, 0.2) is 0 Å². The first-order valence-electron chi connectivity index (χ1n) is 8.02. The lowest BCUT2D eigenvalue weighted by Gasteiger charge is -2.31. The molecular formula is C17H23FN2O2. The average molecular weight is 306 g/mol. The predicted molar refractivity (Wildman–Crippen MR) is 81.2 cm³/mol. The summed E-state index contributed by atoms with van der Waals surface area (Å²) in [5.41, 5.74) is 2.22. The van der Waals surface area contributed by atoms with Crippen LogP contribution in [0.2, 0.25) is 0 Å². The smallest absolute Gasteiger partial charge is 0.254 e. The normalized spacial score (nSPS) is 29.0. The van der Waals surface area contributed by atoms with Crippen LogP contribution < -0.4 is 5.48 Å². The first kappa shape index (κ1) is 15.4. The van der Waals surface area contributed by atoms with Crippen molar-refractivity contribution < 1.29 is 14.4 Å². The van der Waals surface area contributed by atoms with Gasteiger partial charge in [0.25, 0.3) is 5.91 Å². The number of hydrogen-bond acceptors (Lipinski definition) is 3. The van der Waals surface area contributed by atoms with Gasteiger partial charge in [0.2, 0.25) is 0 Å². The Kier molecular flexibility index (Phi) is 4.19. The molecule has 2 atom stereocenters. The van der Waals surface area contributed by atoms with Gasteiger partial charge in [0, 0.05) is 6.04 Å². The third-order valence-electron chi connectivity index (χ3n) is 5.46. The Morgan fingerprint density at radius 1 is 1.41 bits per heavy atom. The summed E-state index contributed by atoms with van der Waals surface area (Å²) >= 11 is 0. The highest BCUT2D eigenvalue weighted by Gasteiger charge is 2.49. The Balaban J connectivity index is 1.96. The summed E-state index contributed by atoms with van der Waals surface area (Å²) in [6.45, 7) is 3.85. The molecule has 2 fully saturated rings. The van der Waals surface area contributed by atoms with Crippen molar-refractivity contribution in [2.75, 3.05) is 13.1 Å². The number of nitrogens with zero attached hydrogens (tertiary/aromatic N) is 1. The van der Waals surface area contributed by atoms with E-state index in [-0.39, 0.29) is 5.82 Å². The summed E-state index contributed by atoms with van der Waals surface area (Å²) in [4.78, 5) is 14.9. The van der Waals surface area contributed by atoms with E-state index in [4.69, 9.17) is 0 Å². The largest absolute Gasteiger partial charge is 0.300 e. The lowest BCUT2D eigenvalue weighted by Crippen LogP contribution is -2.43. The first-order valence-corrected chi connectivity index (χ1v) is 8.02. The maximum absolute atomic E-state index is 14.0. The SMILES string of the molecule is Cc1c(F)cccc1[C@]1(C(=O)NO)CCC(N2CCCC2)C1. The molecule has 0 spiro atoms. The summed E-state index contributed by atoms with van der Waals surface area (Å²) in [7, 11) is 0. The second-order valence-electron chi connectivity index (χ2n) is 6.58. The second-order valence-corrected chi connectivity index (χ2v) is 6.58. The number of benzene rings is 1. The van der Waals surface area contributed by atoms with E-state index >= 15 is 0 Å². The number of likely N-dealkylation sites (tertiary alicyclic amines) is 1. The van der Waals surface area contributed by atoms with Crippen molar-refractivity contribution in [3.8, 4) is 0 Å². The van der Waals surface area contributed by atoms with Gasteiger partial charge < -0.3 is 4.90 Å². The van der Waals surface area contributed by atoms with Crippen LogP contribution in [-0.2, 0) is 10.2 Å². The topological polar surface area (TPSA) is 52.6 Å². The molecule has 1 aliphatic heterocycles. The fourth-order valence-electron chi connectivity index (χ4n) is 4.24. The van der Waals surface area contributed by atoms with E-state index < -0.39 is 11.3 Å². The molecule has 2 aliphatic rings. The van der Waals surface area contributed by atoms with Gasteiger partial charge in [-0.15, -0.1) is 0 Å². The highest BCUT2D eigenvalue weighted by Crippen LogP contribution is 2.45. The van der Waals surface area contributed by atoms with E-state index in [0.717, 1.165) is 19.5 Å². The average Bonchev–Trinajstić information content (AvgIpc) is 3.18. The molecule has 0 bridgehead atoms. The predicted octanol–water partition coefficient (Wildman–Crippen LogP) is 2.53. The quantitative estimate of drug-likeness (QED) is 0.666. The third-order valence-corrected chi connectivity index (χ3v) is 5.46. The minimum atomic E-state index is -0.825. The van der Waals surface area contributed by atoms with Crippen molar-refractivity contribution in [2.45, 2.75) is 50.5 Å². The van der Waals surface area contributed by atoms with E-state index in [9.17, 15) is 14.4 Å². The Morgan fingerprint density at radius 3 is 2.82 bits per heavy atom. The molecule has 1 unspecified atom stereocenters. The van der Waals surface area contributed by atoms with Gasteiger partial charge >= 0.3 is 0 Å². The van der Waals surface area contributed by atoms with Crippen molar-refractivity contribution in [1.29, 1.82) is 0 Å². The van der Waals surface area contributed by atoms with Gasteiger partial charge in [-0.25, -0.2) is 9.87 Å². The van der Waals surface area contributed by atoms with Crippen molar-refractivity contribution in [2.24, 2.45) is 0 Å². The molecule has 3 rings (SSSR count). The first-order chi connectivity index (χ1) is 10.6. The van der Waals surface area contributed by atoms with Crippen molar-refractivity contribution in [1.82, 2.24) is 10.4 Å². The summed E-state index contributed by atoms with van der Waals surface area (Å²) < 4.78 is 14.0. The molecule has 1 heterocycles. The molecule has 1 aliphatic carbocycles. The van der Waals surface area contributed by atoms with Gasteiger partial charge in [-0.05, 0) is 69.3 Å². The molecular weight excluding hydrogens is 283 g/mol. The van der Waals surface area contributed by atoms with Crippen LogP contribution in [0.1, 0.15) is 43.2 Å². The maximum atomic E-state index is 14.0. The Labute approximate surface area is 130 Å². The van der Waals surface area contributed by atoms with Gasteiger partial charge in [0.05, 0.1) is 5.41 Å². The number of rotatable bonds is 3. The molecule has 1 saturated heterocycles. The van der Waals surface area contributed by atoms with Gasteiger partial charge in [-0.1, -0.05) is 12.1 Å². The molecule has 2 N–H and O–H groups in total. The zero-order chi connectivity index (χ0) is 15.7. The molecule has 120 valence electrons. The molecule has 0 aromatic heterocycles. The Bertz CT molecular complexity index is 572. The maximum Gasteiger partial charge on any atom is 0.254 e.